The molecule has 0 bridgehead atoms. The van der Waals surface area contributed by atoms with E-state index in [1.54, 1.807) is 4.90 Å². The number of benzene rings is 1. The Morgan fingerprint density at radius 1 is 1.22 bits per heavy atom. The normalized spacial score (nSPS) is 24.6. The molecule has 0 aliphatic carbocycles. The zero-order valence-corrected chi connectivity index (χ0v) is 23.3. The van der Waals surface area contributed by atoms with Crippen LogP contribution in [0.15, 0.2) is 24.3 Å². The molecular weight excluding hydrogens is 482 g/mol. The largest absolute Gasteiger partial charge is 0.480 e. The molecule has 2 aliphatic rings. The highest BCUT2D eigenvalue weighted by Gasteiger charge is 2.44. The first-order valence-electron chi connectivity index (χ1n) is 12.5. The number of carbonyl (C=O) groups is 2. The van der Waals surface area contributed by atoms with Gasteiger partial charge < -0.3 is 24.2 Å². The molecule has 1 aromatic rings. The number of fused-ring (bicyclic) bond motifs is 1. The minimum Gasteiger partial charge on any atom is -0.480 e. The average Bonchev–Trinajstić information content (AvgIpc) is 2.74. The van der Waals surface area contributed by atoms with Gasteiger partial charge in [-0.15, -0.1) is 0 Å². The number of carboxylic acids is 1. The van der Waals surface area contributed by atoms with Crippen LogP contribution in [0.1, 0.15) is 78.5 Å². The number of aliphatic carboxylic acids is 1. The topological polar surface area (TPSA) is 85.3 Å². The van der Waals surface area contributed by atoms with Crippen LogP contribution in [0, 0.1) is 11.8 Å². The molecule has 2 heterocycles. The van der Waals surface area contributed by atoms with Gasteiger partial charge in [-0.25, -0.2) is 9.59 Å². The minimum atomic E-state index is -1.08. The zero-order valence-electron chi connectivity index (χ0n) is 22.5. The number of ether oxygens (including phenoxy) is 3. The van der Waals surface area contributed by atoms with E-state index in [0.29, 0.717) is 30.3 Å². The third kappa shape index (κ3) is 6.74. The second kappa shape index (κ2) is 10.6. The number of amides is 1. The van der Waals surface area contributed by atoms with Crippen molar-refractivity contribution in [3.05, 3.63) is 40.4 Å². The second-order valence-corrected chi connectivity index (χ2v) is 12.5. The van der Waals surface area contributed by atoms with Gasteiger partial charge in [0.25, 0.3) is 0 Å². The second-order valence-electron chi connectivity index (χ2n) is 12.1. The van der Waals surface area contributed by atoms with E-state index in [9.17, 15) is 14.7 Å². The molecule has 2 fully saturated rings. The highest BCUT2D eigenvalue weighted by Crippen LogP contribution is 2.49. The number of likely N-dealkylation sites (tertiary alicyclic amines) is 1. The molecule has 0 unspecified atom stereocenters. The number of hydrogen-bond donors (Lipinski definition) is 1. The molecule has 2 aliphatic heterocycles. The third-order valence-electron chi connectivity index (χ3n) is 6.78. The highest BCUT2D eigenvalue weighted by atomic mass is 35.5. The van der Waals surface area contributed by atoms with Crippen LogP contribution in [0.3, 0.4) is 0 Å². The first kappa shape index (κ1) is 28.3. The maximum absolute atomic E-state index is 12.7. The first-order chi connectivity index (χ1) is 16.6. The van der Waals surface area contributed by atoms with Gasteiger partial charge in [-0.2, -0.15) is 0 Å². The van der Waals surface area contributed by atoms with Crippen LogP contribution in [0.25, 0.3) is 0 Å². The molecule has 0 saturated carbocycles. The van der Waals surface area contributed by atoms with Gasteiger partial charge in [-0.1, -0.05) is 44.5 Å². The lowest BCUT2D eigenvalue weighted by atomic mass is 9.75. The van der Waals surface area contributed by atoms with Crippen LogP contribution in [-0.2, 0) is 19.7 Å². The number of carbonyl (C=O) groups excluding carboxylic acids is 1. The molecule has 2 saturated heterocycles. The van der Waals surface area contributed by atoms with Crippen LogP contribution >= 0.6 is 11.6 Å². The predicted molar refractivity (Wildman–Crippen MR) is 140 cm³/mol. The van der Waals surface area contributed by atoms with Crippen molar-refractivity contribution < 1.29 is 28.9 Å². The molecule has 4 atom stereocenters. The van der Waals surface area contributed by atoms with E-state index < -0.39 is 18.2 Å². The van der Waals surface area contributed by atoms with Crippen molar-refractivity contribution in [3.8, 4) is 5.75 Å². The molecule has 0 radical (unpaired) electrons. The average molecular weight is 522 g/mol. The molecule has 36 heavy (non-hydrogen) atoms. The summed E-state index contributed by atoms with van der Waals surface area (Å²) in [5, 5.41) is 9.60. The summed E-state index contributed by atoms with van der Waals surface area (Å²) in [6.07, 6.45) is 0.708. The Balaban J connectivity index is 1.94. The SMILES string of the molecule is C=C(C)[C@@H]1C[C@H]2CN(C(=O)OC(C)(C)C)CC[C@H]2O[C@H]1c1cc(C(C)(C)C)cc(Cl)c1OCC(=O)O. The zero-order chi connectivity index (χ0) is 27.0. The van der Waals surface area contributed by atoms with Crippen LogP contribution < -0.4 is 4.74 Å². The Hall–Kier alpha value is -2.25. The number of rotatable bonds is 5. The predicted octanol–water partition coefficient (Wildman–Crippen LogP) is 6.38. The Bertz CT molecular complexity index is 1010. The van der Waals surface area contributed by atoms with Crippen LogP contribution in [0.5, 0.6) is 5.75 Å². The van der Waals surface area contributed by atoms with E-state index in [0.717, 1.165) is 23.1 Å². The van der Waals surface area contributed by atoms with Gasteiger partial charge in [-0.05, 0) is 63.6 Å². The van der Waals surface area contributed by atoms with Crippen LogP contribution in [-0.4, -0.2) is 53.5 Å². The summed E-state index contributed by atoms with van der Waals surface area (Å²) in [4.78, 5) is 25.7. The van der Waals surface area contributed by atoms with E-state index in [-0.39, 0.29) is 35.6 Å². The molecule has 1 amide bonds. The third-order valence-corrected chi connectivity index (χ3v) is 7.06. The van der Waals surface area contributed by atoms with Crippen molar-refractivity contribution in [2.45, 2.75) is 84.5 Å². The summed E-state index contributed by atoms with van der Waals surface area (Å²) in [5.74, 6) is -0.655. The lowest BCUT2D eigenvalue weighted by Gasteiger charge is -2.47. The van der Waals surface area contributed by atoms with Gasteiger partial charge in [0.2, 0.25) is 0 Å². The molecule has 0 aromatic heterocycles. The van der Waals surface area contributed by atoms with Gasteiger partial charge in [0.1, 0.15) is 11.4 Å². The Labute approximate surface area is 219 Å². The highest BCUT2D eigenvalue weighted by molar-refractivity contribution is 6.32. The van der Waals surface area contributed by atoms with Gasteiger partial charge in [0, 0.05) is 30.5 Å². The molecular formula is C28H40ClNO6. The fourth-order valence-corrected chi connectivity index (χ4v) is 5.22. The van der Waals surface area contributed by atoms with Gasteiger partial charge in [0.05, 0.1) is 17.2 Å². The number of halogens is 1. The van der Waals surface area contributed by atoms with E-state index in [4.69, 9.17) is 25.8 Å². The van der Waals surface area contributed by atoms with Crippen molar-refractivity contribution in [2.75, 3.05) is 19.7 Å². The smallest absolute Gasteiger partial charge is 0.410 e. The lowest BCUT2D eigenvalue weighted by Crippen LogP contribution is -2.51. The van der Waals surface area contributed by atoms with Crippen LogP contribution in [0.2, 0.25) is 5.02 Å². The van der Waals surface area contributed by atoms with Gasteiger partial charge >= 0.3 is 12.1 Å². The molecule has 0 spiro atoms. The quantitative estimate of drug-likeness (QED) is 0.452. The summed E-state index contributed by atoms with van der Waals surface area (Å²) < 4.78 is 18.0. The molecule has 200 valence electrons. The monoisotopic (exact) mass is 521 g/mol. The number of piperidine rings is 1. The Morgan fingerprint density at radius 3 is 2.44 bits per heavy atom. The fraction of sp³-hybridized carbons (Fsp3) is 0.643. The van der Waals surface area contributed by atoms with E-state index in [2.05, 4.69) is 27.4 Å². The maximum Gasteiger partial charge on any atom is 0.410 e. The molecule has 1 N–H and O–H groups in total. The Morgan fingerprint density at radius 2 is 1.89 bits per heavy atom. The molecule has 7 nitrogen and oxygen atoms in total. The molecule has 8 heteroatoms. The molecule has 3 rings (SSSR count). The summed E-state index contributed by atoms with van der Waals surface area (Å²) in [6, 6.07) is 3.86. The maximum atomic E-state index is 12.7. The summed E-state index contributed by atoms with van der Waals surface area (Å²) in [6.45, 7) is 18.7. The lowest BCUT2D eigenvalue weighted by molar-refractivity contribution is -0.140. The van der Waals surface area contributed by atoms with E-state index >= 15 is 0 Å². The summed E-state index contributed by atoms with van der Waals surface area (Å²) >= 11 is 6.66. The van der Waals surface area contributed by atoms with Crippen molar-refractivity contribution in [2.24, 2.45) is 11.8 Å². The summed E-state index contributed by atoms with van der Waals surface area (Å²) in [7, 11) is 0. The van der Waals surface area contributed by atoms with Crippen molar-refractivity contribution >= 4 is 23.7 Å². The minimum absolute atomic E-state index is 0.0525. The van der Waals surface area contributed by atoms with E-state index in [1.807, 2.05) is 39.8 Å². The van der Waals surface area contributed by atoms with Crippen molar-refractivity contribution in [1.82, 2.24) is 4.90 Å². The standard InChI is InChI=1S/C28H40ClNO6/c1-16(2)19-11-17-14-30(26(33)36-28(6,7)8)10-9-22(17)35-24(19)20-12-18(27(3,4)5)13-21(29)25(20)34-15-23(31)32/h12-13,17,19,22,24H,1,9-11,14-15H2,2-8H3,(H,31,32)/t17-,19-,22+,24+/m0/s1. The van der Waals surface area contributed by atoms with Gasteiger partial charge in [-0.3, -0.25) is 0 Å². The fourth-order valence-electron chi connectivity index (χ4n) is 4.94. The molecule has 1 aromatic carbocycles. The number of carboxylic acid groups (broad SMARTS) is 1. The Kier molecular flexibility index (Phi) is 8.36. The van der Waals surface area contributed by atoms with E-state index in [1.165, 1.54) is 0 Å². The van der Waals surface area contributed by atoms with Crippen molar-refractivity contribution in [3.63, 3.8) is 0 Å². The van der Waals surface area contributed by atoms with Crippen molar-refractivity contribution in [1.29, 1.82) is 0 Å². The van der Waals surface area contributed by atoms with Crippen LogP contribution in [0.4, 0.5) is 4.79 Å². The number of hydrogen-bond acceptors (Lipinski definition) is 5. The summed E-state index contributed by atoms with van der Waals surface area (Å²) in [5.41, 5.74) is 1.98. The first-order valence-corrected chi connectivity index (χ1v) is 12.9. The van der Waals surface area contributed by atoms with Gasteiger partial charge in [0.15, 0.2) is 6.61 Å². The number of nitrogens with zero attached hydrogens (tertiary/aromatic N) is 1.